The van der Waals surface area contributed by atoms with Gasteiger partial charge in [0.15, 0.2) is 13.2 Å². The lowest BCUT2D eigenvalue weighted by atomic mass is 10.3. The fourth-order valence-corrected chi connectivity index (χ4v) is 2.15. The van der Waals surface area contributed by atoms with Gasteiger partial charge in [0.1, 0.15) is 17.2 Å². The molecular weight excluding hydrogens is 384 g/mol. The predicted octanol–water partition coefficient (Wildman–Crippen LogP) is 2.58. The molecule has 150 valence electrons. The zero-order valence-corrected chi connectivity index (χ0v) is 15.2. The quantitative estimate of drug-likeness (QED) is 0.424. The van der Waals surface area contributed by atoms with E-state index >= 15 is 0 Å². The molecule has 0 saturated carbocycles. The van der Waals surface area contributed by atoms with E-state index in [1.54, 1.807) is 31.4 Å². The Morgan fingerprint density at radius 3 is 2.31 bits per heavy atom. The maximum atomic E-state index is 11.9. The Morgan fingerprint density at radius 1 is 1.03 bits per heavy atom. The Morgan fingerprint density at radius 2 is 1.66 bits per heavy atom. The summed E-state index contributed by atoms with van der Waals surface area (Å²) in [4.78, 5) is 22.0. The normalized spacial score (nSPS) is 10.2. The van der Waals surface area contributed by atoms with E-state index in [2.05, 4.69) is 15.5 Å². The lowest BCUT2D eigenvalue weighted by Gasteiger charge is -2.06. The molecule has 0 saturated heterocycles. The number of nitrogens with one attached hydrogen (secondary N) is 1. The highest BCUT2D eigenvalue weighted by molar-refractivity contribution is 5.89. The largest absolute Gasteiger partial charge is 0.497 e. The number of aromatic nitrogens is 2. The van der Waals surface area contributed by atoms with Crippen LogP contribution < -0.4 is 19.5 Å². The lowest BCUT2D eigenvalue weighted by Crippen LogP contribution is -2.20. The molecule has 0 aliphatic rings. The molecule has 29 heavy (non-hydrogen) atoms. The van der Waals surface area contributed by atoms with Gasteiger partial charge in [-0.25, -0.2) is 0 Å². The van der Waals surface area contributed by atoms with Gasteiger partial charge >= 0.3 is 6.01 Å². The number of hydrogen-bond donors (Lipinski definition) is 1. The molecule has 3 aromatic rings. The van der Waals surface area contributed by atoms with Gasteiger partial charge in [0.25, 0.3) is 17.5 Å². The van der Waals surface area contributed by atoms with Crippen LogP contribution in [-0.4, -0.2) is 34.7 Å². The van der Waals surface area contributed by atoms with Crippen LogP contribution in [0.2, 0.25) is 0 Å². The second-order valence-corrected chi connectivity index (χ2v) is 5.55. The molecule has 3 rings (SSSR count). The van der Waals surface area contributed by atoms with Gasteiger partial charge < -0.3 is 18.6 Å². The monoisotopic (exact) mass is 400 g/mol. The number of benzene rings is 2. The third-order valence-corrected chi connectivity index (χ3v) is 3.55. The van der Waals surface area contributed by atoms with Crippen molar-refractivity contribution in [2.45, 2.75) is 6.61 Å². The number of anilines is 1. The van der Waals surface area contributed by atoms with E-state index in [-0.39, 0.29) is 30.8 Å². The SMILES string of the molecule is COc1ccc(OCC(=O)Nc2nnc(COc3ccc([N+](=O)[O-])cc3)o2)cc1. The van der Waals surface area contributed by atoms with Crippen LogP contribution in [0.5, 0.6) is 17.2 Å². The van der Waals surface area contributed by atoms with Crippen molar-refractivity contribution in [2.75, 3.05) is 19.0 Å². The minimum absolute atomic E-state index is 0.0444. The highest BCUT2D eigenvalue weighted by Crippen LogP contribution is 2.19. The number of carbonyl (C=O) groups is 1. The summed E-state index contributed by atoms with van der Waals surface area (Å²) in [6.45, 7) is -0.313. The Labute approximate surface area is 164 Å². The van der Waals surface area contributed by atoms with Gasteiger partial charge in [-0.3, -0.25) is 20.2 Å². The summed E-state index contributed by atoms with van der Waals surface area (Å²) >= 11 is 0. The van der Waals surface area contributed by atoms with Crippen molar-refractivity contribution in [3.05, 3.63) is 64.5 Å². The van der Waals surface area contributed by atoms with Crippen LogP contribution in [0.1, 0.15) is 5.89 Å². The summed E-state index contributed by atoms with van der Waals surface area (Å²) in [5.74, 6) is 1.22. The third-order valence-electron chi connectivity index (χ3n) is 3.55. The molecule has 0 aliphatic heterocycles. The number of amides is 1. The molecule has 1 heterocycles. The van der Waals surface area contributed by atoms with E-state index in [1.807, 2.05) is 0 Å². The van der Waals surface area contributed by atoms with Gasteiger partial charge in [-0.05, 0) is 36.4 Å². The van der Waals surface area contributed by atoms with Gasteiger partial charge in [-0.2, -0.15) is 0 Å². The van der Waals surface area contributed by atoms with Crippen molar-refractivity contribution >= 4 is 17.6 Å². The van der Waals surface area contributed by atoms with Crippen LogP contribution in [0.25, 0.3) is 0 Å². The van der Waals surface area contributed by atoms with Crippen molar-refractivity contribution in [1.29, 1.82) is 0 Å². The lowest BCUT2D eigenvalue weighted by molar-refractivity contribution is -0.384. The Kier molecular flexibility index (Phi) is 6.20. The van der Waals surface area contributed by atoms with E-state index in [9.17, 15) is 14.9 Å². The Bertz CT molecular complexity index is 971. The molecule has 0 bridgehead atoms. The molecule has 2 aromatic carbocycles. The molecule has 0 aliphatic carbocycles. The second kappa shape index (κ2) is 9.17. The van der Waals surface area contributed by atoms with E-state index in [4.69, 9.17) is 18.6 Å². The zero-order valence-electron chi connectivity index (χ0n) is 15.2. The zero-order chi connectivity index (χ0) is 20.6. The minimum atomic E-state index is -0.505. The van der Waals surface area contributed by atoms with Gasteiger partial charge in [-0.1, -0.05) is 5.10 Å². The second-order valence-electron chi connectivity index (χ2n) is 5.55. The van der Waals surface area contributed by atoms with Crippen LogP contribution in [0.4, 0.5) is 11.7 Å². The molecule has 0 fully saturated rings. The van der Waals surface area contributed by atoms with Crippen molar-refractivity contribution in [3.8, 4) is 17.2 Å². The van der Waals surface area contributed by atoms with Crippen LogP contribution >= 0.6 is 0 Å². The first-order valence-electron chi connectivity index (χ1n) is 8.30. The highest BCUT2D eigenvalue weighted by atomic mass is 16.6. The van der Waals surface area contributed by atoms with Crippen LogP contribution in [-0.2, 0) is 11.4 Å². The molecule has 11 nitrogen and oxygen atoms in total. The molecule has 0 atom stereocenters. The number of hydrogen-bond acceptors (Lipinski definition) is 9. The maximum absolute atomic E-state index is 11.9. The first kappa shape index (κ1) is 19.6. The van der Waals surface area contributed by atoms with Gasteiger partial charge in [0, 0.05) is 12.1 Å². The van der Waals surface area contributed by atoms with Gasteiger partial charge in [0.2, 0.25) is 0 Å². The van der Waals surface area contributed by atoms with E-state index in [0.29, 0.717) is 17.2 Å². The molecule has 1 aromatic heterocycles. The standard InChI is InChI=1S/C18H16N4O7/c1-26-13-6-8-15(9-7-13)27-10-16(23)19-18-21-20-17(29-18)11-28-14-4-2-12(3-5-14)22(24)25/h2-9H,10-11H2,1H3,(H,19,21,23). The number of non-ortho nitro benzene ring substituents is 1. The number of nitro groups is 1. The summed E-state index contributed by atoms with van der Waals surface area (Å²) in [6, 6.07) is 12.2. The molecule has 0 unspecified atom stereocenters. The molecule has 1 amide bonds. The summed E-state index contributed by atoms with van der Waals surface area (Å²) < 4.78 is 21.1. The van der Waals surface area contributed by atoms with E-state index < -0.39 is 10.8 Å². The fourth-order valence-electron chi connectivity index (χ4n) is 2.15. The van der Waals surface area contributed by atoms with Crippen molar-refractivity contribution in [1.82, 2.24) is 10.2 Å². The maximum Gasteiger partial charge on any atom is 0.322 e. The average molecular weight is 400 g/mol. The van der Waals surface area contributed by atoms with Gasteiger partial charge in [-0.15, -0.1) is 5.10 Å². The number of ether oxygens (including phenoxy) is 3. The Balaban J connectivity index is 1.45. The number of rotatable bonds is 9. The van der Waals surface area contributed by atoms with Crippen molar-refractivity contribution in [2.24, 2.45) is 0 Å². The summed E-state index contributed by atoms with van der Waals surface area (Å²) in [6.07, 6.45) is 0. The Hall–Kier alpha value is -4.15. The highest BCUT2D eigenvalue weighted by Gasteiger charge is 2.12. The van der Waals surface area contributed by atoms with Crippen molar-refractivity contribution in [3.63, 3.8) is 0 Å². The van der Waals surface area contributed by atoms with E-state index in [1.165, 1.54) is 24.3 Å². The van der Waals surface area contributed by atoms with Crippen LogP contribution in [0, 0.1) is 10.1 Å². The molecule has 0 spiro atoms. The molecule has 1 N–H and O–H groups in total. The average Bonchev–Trinajstić information content (AvgIpc) is 3.18. The summed E-state index contributed by atoms with van der Waals surface area (Å²) in [5, 5.41) is 20.5. The van der Waals surface area contributed by atoms with E-state index in [0.717, 1.165) is 0 Å². The molecule has 11 heteroatoms. The van der Waals surface area contributed by atoms with Crippen molar-refractivity contribution < 1.29 is 28.3 Å². The number of nitro benzene ring substituents is 1. The summed E-state index contributed by atoms with van der Waals surface area (Å²) in [7, 11) is 1.55. The molecular formula is C18H16N4O7. The summed E-state index contributed by atoms with van der Waals surface area (Å²) in [5.41, 5.74) is -0.0444. The smallest absolute Gasteiger partial charge is 0.322 e. The van der Waals surface area contributed by atoms with Crippen LogP contribution in [0.15, 0.2) is 52.9 Å². The first-order chi connectivity index (χ1) is 14.0. The number of nitrogens with zero attached hydrogens (tertiary/aromatic N) is 3. The fraction of sp³-hybridized carbons (Fsp3) is 0.167. The van der Waals surface area contributed by atoms with Crippen LogP contribution in [0.3, 0.4) is 0 Å². The predicted molar refractivity (Wildman–Crippen MR) is 98.8 cm³/mol. The van der Waals surface area contributed by atoms with Gasteiger partial charge in [0.05, 0.1) is 12.0 Å². The number of methoxy groups -OCH3 is 1. The minimum Gasteiger partial charge on any atom is -0.497 e. The topological polar surface area (TPSA) is 139 Å². The first-order valence-corrected chi connectivity index (χ1v) is 8.30. The number of carbonyl (C=O) groups excluding carboxylic acids is 1. The molecule has 0 radical (unpaired) electrons. The third kappa shape index (κ3) is 5.66.